The summed E-state index contributed by atoms with van der Waals surface area (Å²) in [6.45, 7) is 0.0764. The molecule has 1 fully saturated rings. The summed E-state index contributed by atoms with van der Waals surface area (Å²) in [6, 6.07) is 6.82. The Kier molecular flexibility index (Phi) is 5.78. The van der Waals surface area contributed by atoms with Gasteiger partial charge in [0, 0.05) is 43.6 Å². The van der Waals surface area contributed by atoms with Gasteiger partial charge in [-0.2, -0.15) is 13.2 Å². The van der Waals surface area contributed by atoms with Crippen LogP contribution in [0.4, 0.5) is 24.5 Å². The third kappa shape index (κ3) is 4.50. The zero-order chi connectivity index (χ0) is 21.2. The van der Waals surface area contributed by atoms with Crippen molar-refractivity contribution in [2.24, 2.45) is 0 Å². The number of anilines is 2. The number of aliphatic hydroxyl groups is 1. The lowest BCUT2D eigenvalue weighted by atomic mass is 10.2. The number of carbonyl (C=O) groups excluding carboxylic acids is 3. The molecule has 3 rings (SSSR count). The zero-order valence-corrected chi connectivity index (χ0v) is 15.3. The fraction of sp³-hybridized carbons (Fsp3) is 0.389. The number of halogens is 3. The number of nitrogens with one attached hydrogen (secondary N) is 1. The van der Waals surface area contributed by atoms with Crippen molar-refractivity contribution in [2.75, 3.05) is 49.5 Å². The molecule has 0 spiro atoms. The topological polar surface area (TPSA) is 93.2 Å². The average Bonchev–Trinajstić information content (AvgIpc) is 2.95. The first-order valence-electron chi connectivity index (χ1n) is 8.87. The van der Waals surface area contributed by atoms with Crippen LogP contribution in [-0.2, 0) is 14.4 Å². The van der Waals surface area contributed by atoms with E-state index in [1.165, 1.54) is 0 Å². The van der Waals surface area contributed by atoms with E-state index in [4.69, 9.17) is 5.11 Å². The second-order valence-corrected chi connectivity index (χ2v) is 6.53. The van der Waals surface area contributed by atoms with Gasteiger partial charge in [-0.15, -0.1) is 0 Å². The van der Waals surface area contributed by atoms with E-state index in [2.05, 4.69) is 5.32 Å². The molecule has 1 aromatic rings. The molecule has 3 amide bonds. The molecule has 0 atom stereocenters. The lowest BCUT2D eigenvalue weighted by Gasteiger charge is -2.36. The minimum atomic E-state index is -4.87. The van der Waals surface area contributed by atoms with E-state index in [-0.39, 0.29) is 45.0 Å². The average molecular weight is 412 g/mol. The van der Waals surface area contributed by atoms with E-state index >= 15 is 0 Å². The molecule has 11 heteroatoms. The number of benzene rings is 1. The van der Waals surface area contributed by atoms with E-state index in [9.17, 15) is 27.6 Å². The molecule has 2 N–H and O–H groups in total. The number of piperazine rings is 1. The molecule has 0 aliphatic carbocycles. The molecule has 1 saturated heterocycles. The molecule has 0 bridgehead atoms. The van der Waals surface area contributed by atoms with Gasteiger partial charge < -0.3 is 20.2 Å². The van der Waals surface area contributed by atoms with Crippen LogP contribution in [0.5, 0.6) is 0 Å². The molecule has 2 heterocycles. The zero-order valence-electron chi connectivity index (χ0n) is 15.3. The predicted molar refractivity (Wildman–Crippen MR) is 96.8 cm³/mol. The summed E-state index contributed by atoms with van der Waals surface area (Å²) in [5.41, 5.74) is 1.41. The lowest BCUT2D eigenvalue weighted by molar-refractivity contribution is -0.185. The molecule has 2 aliphatic rings. The number of hydrogen-bond acceptors (Lipinski definition) is 6. The number of β-amino-alcohol motifs (C(OH)–C–C–N with tert-alkyl or cyclic N) is 1. The van der Waals surface area contributed by atoms with Gasteiger partial charge in [-0.1, -0.05) is 0 Å². The van der Waals surface area contributed by atoms with Crippen molar-refractivity contribution in [1.82, 2.24) is 9.80 Å². The Morgan fingerprint density at radius 1 is 1.07 bits per heavy atom. The van der Waals surface area contributed by atoms with Gasteiger partial charge in [0.15, 0.2) is 0 Å². The Morgan fingerprint density at radius 2 is 1.69 bits per heavy atom. The predicted octanol–water partition coefficient (Wildman–Crippen LogP) is 0.554. The first-order chi connectivity index (χ1) is 13.7. The Balaban J connectivity index is 1.58. The minimum absolute atomic E-state index is 0.0253. The van der Waals surface area contributed by atoms with Crippen LogP contribution in [-0.4, -0.2) is 78.1 Å². The number of imide groups is 1. The van der Waals surface area contributed by atoms with Crippen LogP contribution in [0.3, 0.4) is 0 Å². The Morgan fingerprint density at radius 3 is 2.24 bits per heavy atom. The minimum Gasteiger partial charge on any atom is -0.395 e. The molecule has 29 heavy (non-hydrogen) atoms. The van der Waals surface area contributed by atoms with Crippen LogP contribution in [0.2, 0.25) is 0 Å². The number of hydrogen-bond donors (Lipinski definition) is 2. The normalized spacial score (nSPS) is 17.7. The second kappa shape index (κ2) is 8.11. The first kappa shape index (κ1) is 20.6. The third-order valence-corrected chi connectivity index (χ3v) is 4.65. The summed E-state index contributed by atoms with van der Waals surface area (Å²) in [5.74, 6) is -2.86. The van der Waals surface area contributed by atoms with Crippen LogP contribution in [0.1, 0.15) is 0 Å². The molecular weight excluding hydrogens is 393 g/mol. The molecule has 0 aromatic heterocycles. The highest BCUT2D eigenvalue weighted by molar-refractivity contribution is 6.17. The fourth-order valence-electron chi connectivity index (χ4n) is 3.17. The number of rotatable bonds is 5. The summed E-state index contributed by atoms with van der Waals surface area (Å²) in [6.07, 6.45) is -3.71. The fourth-order valence-corrected chi connectivity index (χ4v) is 3.17. The molecule has 0 radical (unpaired) electrons. The van der Waals surface area contributed by atoms with Crippen molar-refractivity contribution < 1.29 is 32.7 Å². The lowest BCUT2D eigenvalue weighted by Crippen LogP contribution is -2.52. The Labute approximate surface area is 164 Å². The summed E-state index contributed by atoms with van der Waals surface area (Å²) in [5, 5.41) is 11.8. The standard InChI is InChI=1S/C18H19F3N4O4/c19-18(20,21)17(29)24-7-5-23(6-8-24)13-3-1-12(2-4-13)22-14-11-15(27)25(9-10-26)16(14)28/h1-4,11,22,26H,5-10H2. The number of carbonyl (C=O) groups is 3. The van der Waals surface area contributed by atoms with Gasteiger partial charge in [0.25, 0.3) is 11.8 Å². The van der Waals surface area contributed by atoms with E-state index in [1.54, 1.807) is 24.3 Å². The highest BCUT2D eigenvalue weighted by Gasteiger charge is 2.43. The highest BCUT2D eigenvalue weighted by atomic mass is 19.4. The Hall–Kier alpha value is -3.08. The van der Waals surface area contributed by atoms with Crippen molar-refractivity contribution in [1.29, 1.82) is 0 Å². The van der Waals surface area contributed by atoms with Crippen LogP contribution >= 0.6 is 0 Å². The smallest absolute Gasteiger partial charge is 0.395 e. The Bertz CT molecular complexity index is 831. The monoisotopic (exact) mass is 412 g/mol. The maximum Gasteiger partial charge on any atom is 0.471 e. The largest absolute Gasteiger partial charge is 0.471 e. The van der Waals surface area contributed by atoms with Gasteiger partial charge in [0.1, 0.15) is 5.70 Å². The van der Waals surface area contributed by atoms with Gasteiger partial charge >= 0.3 is 12.1 Å². The van der Waals surface area contributed by atoms with E-state index < -0.39 is 23.9 Å². The highest BCUT2D eigenvalue weighted by Crippen LogP contribution is 2.24. The third-order valence-electron chi connectivity index (χ3n) is 4.65. The van der Waals surface area contributed by atoms with E-state index in [1.807, 2.05) is 4.90 Å². The van der Waals surface area contributed by atoms with Crippen LogP contribution < -0.4 is 10.2 Å². The molecule has 1 aromatic carbocycles. The molecule has 0 unspecified atom stereocenters. The summed E-state index contributed by atoms with van der Waals surface area (Å²) >= 11 is 0. The summed E-state index contributed by atoms with van der Waals surface area (Å²) < 4.78 is 37.5. The van der Waals surface area contributed by atoms with Gasteiger partial charge in [-0.05, 0) is 24.3 Å². The first-order valence-corrected chi connectivity index (χ1v) is 8.87. The number of alkyl halides is 3. The van der Waals surface area contributed by atoms with Crippen LogP contribution in [0, 0.1) is 0 Å². The molecule has 2 aliphatic heterocycles. The van der Waals surface area contributed by atoms with Gasteiger partial charge in [0.05, 0.1) is 13.2 Å². The summed E-state index contributed by atoms with van der Waals surface area (Å²) in [4.78, 5) is 38.7. The maximum absolute atomic E-state index is 12.5. The van der Waals surface area contributed by atoms with Crippen LogP contribution in [0.15, 0.2) is 36.0 Å². The van der Waals surface area contributed by atoms with Gasteiger partial charge in [-0.3, -0.25) is 19.3 Å². The number of amides is 3. The maximum atomic E-state index is 12.5. The number of aliphatic hydroxyl groups excluding tert-OH is 1. The quantitative estimate of drug-likeness (QED) is 0.687. The van der Waals surface area contributed by atoms with Crippen LogP contribution in [0.25, 0.3) is 0 Å². The number of nitrogens with zero attached hydrogens (tertiary/aromatic N) is 3. The van der Waals surface area contributed by atoms with Crippen molar-refractivity contribution in [3.05, 3.63) is 36.0 Å². The SMILES string of the molecule is O=C1C=C(Nc2ccc(N3CCN(C(=O)C(F)(F)F)CC3)cc2)C(=O)N1CCO. The van der Waals surface area contributed by atoms with E-state index in [0.717, 1.165) is 21.6 Å². The van der Waals surface area contributed by atoms with Gasteiger partial charge in [0.2, 0.25) is 0 Å². The van der Waals surface area contributed by atoms with Gasteiger partial charge in [-0.25, -0.2) is 0 Å². The second-order valence-electron chi connectivity index (χ2n) is 6.53. The molecule has 0 saturated carbocycles. The van der Waals surface area contributed by atoms with Crippen molar-refractivity contribution >= 4 is 29.1 Å². The summed E-state index contributed by atoms with van der Waals surface area (Å²) in [7, 11) is 0. The van der Waals surface area contributed by atoms with Crippen molar-refractivity contribution in [3.63, 3.8) is 0 Å². The van der Waals surface area contributed by atoms with Crippen molar-refractivity contribution in [2.45, 2.75) is 6.18 Å². The van der Waals surface area contributed by atoms with E-state index in [0.29, 0.717) is 5.69 Å². The molecular formula is C18H19F3N4O4. The molecule has 8 nitrogen and oxygen atoms in total. The van der Waals surface area contributed by atoms with Crippen molar-refractivity contribution in [3.8, 4) is 0 Å². The molecule has 156 valence electrons.